The van der Waals surface area contributed by atoms with Gasteiger partial charge in [-0.1, -0.05) is 178 Å². The van der Waals surface area contributed by atoms with Crippen molar-refractivity contribution in [2.24, 2.45) is 0 Å². The fourth-order valence-corrected chi connectivity index (χ4v) is 11.4. The largest absolute Gasteiger partial charge is 0.134 e. The van der Waals surface area contributed by atoms with Gasteiger partial charge in [0.2, 0.25) is 0 Å². The van der Waals surface area contributed by atoms with Gasteiger partial charge in [-0.25, -0.2) is 0 Å². The summed E-state index contributed by atoms with van der Waals surface area (Å²) in [4.78, 5) is 0. The second-order valence-corrected chi connectivity index (χ2v) is 17.0. The molecule has 0 atom stereocenters. The molecule has 1 aliphatic carbocycles. The summed E-state index contributed by atoms with van der Waals surface area (Å²) in [5, 5.41) is 13.0. The molecule has 0 amide bonds. The number of rotatable bonds is 3. The highest BCUT2D eigenvalue weighted by atomic mass is 32.1. The Balaban J connectivity index is 1.17. The number of benzene rings is 10. The van der Waals surface area contributed by atoms with Gasteiger partial charge in [0, 0.05) is 25.6 Å². The molecule has 1 heterocycles. The van der Waals surface area contributed by atoms with Crippen LogP contribution in [0.25, 0.3) is 108 Å². The molecule has 1 aromatic heterocycles. The zero-order valence-electron chi connectivity index (χ0n) is 31.2. The number of thiophene rings is 1. The zero-order chi connectivity index (χ0) is 37.1. The monoisotopic (exact) mass is 728 g/mol. The Kier molecular flexibility index (Phi) is 6.66. The predicted molar refractivity (Wildman–Crippen MR) is 243 cm³/mol. The van der Waals surface area contributed by atoms with Gasteiger partial charge in [-0.3, -0.25) is 0 Å². The number of fused-ring (bicyclic) bond motifs is 12. The maximum Gasteiger partial charge on any atom is 0.0433 e. The minimum Gasteiger partial charge on any atom is -0.134 e. The topological polar surface area (TPSA) is 0 Å². The van der Waals surface area contributed by atoms with E-state index in [1.807, 2.05) is 11.3 Å². The molecule has 0 nitrogen and oxygen atoms in total. The highest BCUT2D eigenvalue weighted by Gasteiger charge is 2.40. The van der Waals surface area contributed by atoms with E-state index < -0.39 is 0 Å². The molecule has 0 spiro atoms. The summed E-state index contributed by atoms with van der Waals surface area (Å²) in [5.74, 6) is 0. The van der Waals surface area contributed by atoms with Gasteiger partial charge in [0.15, 0.2) is 0 Å². The van der Waals surface area contributed by atoms with Crippen LogP contribution in [-0.4, -0.2) is 0 Å². The van der Waals surface area contributed by atoms with E-state index in [4.69, 9.17) is 0 Å². The third-order valence-electron chi connectivity index (χ3n) is 12.6. The first kappa shape index (κ1) is 31.8. The Morgan fingerprint density at radius 3 is 1.68 bits per heavy atom. The van der Waals surface area contributed by atoms with Crippen molar-refractivity contribution in [3.8, 4) is 44.5 Å². The van der Waals surface area contributed by atoms with Crippen LogP contribution in [-0.2, 0) is 5.41 Å². The quantitative estimate of drug-likeness (QED) is 0.159. The molecule has 262 valence electrons. The molecule has 0 aliphatic heterocycles. The highest BCUT2D eigenvalue weighted by molar-refractivity contribution is 7.26. The van der Waals surface area contributed by atoms with Crippen LogP contribution in [0.3, 0.4) is 0 Å². The highest BCUT2D eigenvalue weighted by Crippen LogP contribution is 2.59. The van der Waals surface area contributed by atoms with Crippen molar-refractivity contribution >= 4 is 74.6 Å². The molecule has 0 saturated heterocycles. The lowest BCUT2D eigenvalue weighted by Gasteiger charge is -2.24. The zero-order valence-corrected chi connectivity index (χ0v) is 32.0. The molecule has 0 radical (unpaired) electrons. The molecule has 12 rings (SSSR count). The maximum atomic E-state index is 2.54. The van der Waals surface area contributed by atoms with Gasteiger partial charge < -0.3 is 0 Å². The molecule has 0 saturated carbocycles. The Morgan fingerprint density at radius 1 is 0.375 bits per heavy atom. The summed E-state index contributed by atoms with van der Waals surface area (Å²) in [6.07, 6.45) is 0. The number of hydrogen-bond acceptors (Lipinski definition) is 1. The molecule has 0 unspecified atom stereocenters. The van der Waals surface area contributed by atoms with Gasteiger partial charge in [0.1, 0.15) is 0 Å². The van der Waals surface area contributed by atoms with E-state index >= 15 is 0 Å². The van der Waals surface area contributed by atoms with Crippen LogP contribution < -0.4 is 0 Å². The van der Waals surface area contributed by atoms with Crippen LogP contribution in [0, 0.1) is 0 Å². The average molecular weight is 729 g/mol. The van der Waals surface area contributed by atoms with Gasteiger partial charge in [-0.15, -0.1) is 11.3 Å². The number of hydrogen-bond donors (Lipinski definition) is 0. The van der Waals surface area contributed by atoms with E-state index in [-0.39, 0.29) is 5.41 Å². The lowest BCUT2D eigenvalue weighted by atomic mass is 9.78. The summed E-state index contributed by atoms with van der Waals surface area (Å²) >= 11 is 1.96. The lowest BCUT2D eigenvalue weighted by Crippen LogP contribution is -2.15. The minimum absolute atomic E-state index is 0.170. The summed E-state index contributed by atoms with van der Waals surface area (Å²) in [6, 6.07) is 68.1. The first-order valence-corrected chi connectivity index (χ1v) is 20.4. The first-order chi connectivity index (χ1) is 27.5. The Hall–Kier alpha value is -6.54. The Morgan fingerprint density at radius 2 is 0.946 bits per heavy atom. The average Bonchev–Trinajstić information content (AvgIpc) is 3.74. The van der Waals surface area contributed by atoms with Gasteiger partial charge in [-0.05, 0) is 117 Å². The fourth-order valence-electron chi connectivity index (χ4n) is 10.1. The van der Waals surface area contributed by atoms with Crippen LogP contribution in [0.15, 0.2) is 182 Å². The van der Waals surface area contributed by atoms with Crippen LogP contribution in [0.1, 0.15) is 25.0 Å². The molecule has 0 fully saturated rings. The van der Waals surface area contributed by atoms with Crippen molar-refractivity contribution in [1.82, 2.24) is 0 Å². The summed E-state index contributed by atoms with van der Waals surface area (Å²) in [5.41, 5.74) is 13.1. The van der Waals surface area contributed by atoms with Gasteiger partial charge in [-0.2, -0.15) is 0 Å². The standard InChI is InChI=1S/C55H36S/c1-55(2)47-23-13-12-22-44(47)51-46(32-48-52(53(51)55)45-29-28-34-16-6-7-17-39(34)54(45)56-48)50-42-20-10-8-18-40(42)49(41-19-9-11-21-43(41)50)38-27-26-36-30-35(24-25-37(36)31-38)33-14-4-3-5-15-33/h3-32H,1-2H3. The van der Waals surface area contributed by atoms with Crippen molar-refractivity contribution in [1.29, 1.82) is 0 Å². The van der Waals surface area contributed by atoms with Gasteiger partial charge in [0.05, 0.1) is 0 Å². The van der Waals surface area contributed by atoms with E-state index in [1.165, 1.54) is 119 Å². The molecule has 11 aromatic rings. The van der Waals surface area contributed by atoms with Gasteiger partial charge >= 0.3 is 0 Å². The Bertz CT molecular complexity index is 3380. The smallest absolute Gasteiger partial charge is 0.0433 e. The molecule has 0 bridgehead atoms. The molecular formula is C55H36S. The predicted octanol–water partition coefficient (Wildman–Crippen LogP) is 16.0. The van der Waals surface area contributed by atoms with Crippen molar-refractivity contribution < 1.29 is 0 Å². The third-order valence-corrected chi connectivity index (χ3v) is 13.8. The normalized spacial score (nSPS) is 13.3. The fraction of sp³-hybridized carbons (Fsp3) is 0.0545. The van der Waals surface area contributed by atoms with E-state index in [2.05, 4.69) is 196 Å². The molecule has 1 heteroatoms. The maximum absolute atomic E-state index is 2.54. The van der Waals surface area contributed by atoms with E-state index in [0.717, 1.165) is 0 Å². The van der Waals surface area contributed by atoms with Crippen LogP contribution in [0.5, 0.6) is 0 Å². The molecule has 56 heavy (non-hydrogen) atoms. The Labute approximate surface area is 329 Å². The molecule has 0 N–H and O–H groups in total. The third kappa shape index (κ3) is 4.41. The second-order valence-electron chi connectivity index (χ2n) is 16.0. The first-order valence-electron chi connectivity index (χ1n) is 19.6. The van der Waals surface area contributed by atoms with E-state index in [0.29, 0.717) is 0 Å². The summed E-state index contributed by atoms with van der Waals surface area (Å²) in [7, 11) is 0. The van der Waals surface area contributed by atoms with Crippen LogP contribution in [0.2, 0.25) is 0 Å². The summed E-state index contributed by atoms with van der Waals surface area (Å²) < 4.78 is 2.73. The van der Waals surface area contributed by atoms with Crippen molar-refractivity contribution in [3.05, 3.63) is 193 Å². The second kappa shape index (κ2) is 11.7. The molecule has 1 aliphatic rings. The van der Waals surface area contributed by atoms with Gasteiger partial charge in [0.25, 0.3) is 0 Å². The van der Waals surface area contributed by atoms with Crippen molar-refractivity contribution in [2.45, 2.75) is 19.3 Å². The van der Waals surface area contributed by atoms with Crippen LogP contribution >= 0.6 is 11.3 Å². The van der Waals surface area contributed by atoms with Crippen LogP contribution in [0.4, 0.5) is 0 Å². The minimum atomic E-state index is -0.170. The van der Waals surface area contributed by atoms with Crippen molar-refractivity contribution in [2.75, 3.05) is 0 Å². The summed E-state index contributed by atoms with van der Waals surface area (Å²) in [6.45, 7) is 4.88. The van der Waals surface area contributed by atoms with E-state index in [1.54, 1.807) is 0 Å². The van der Waals surface area contributed by atoms with Crippen molar-refractivity contribution in [3.63, 3.8) is 0 Å². The molecule has 10 aromatic carbocycles. The SMILES string of the molecule is CC1(C)c2ccccc2-c2c(-c3c4ccccc4c(-c4ccc5cc(-c6ccccc6)ccc5c4)c4ccccc34)cc3sc4c5ccccc5ccc4c3c21. The molecular weight excluding hydrogens is 693 g/mol. The lowest BCUT2D eigenvalue weighted by molar-refractivity contribution is 0.667. The van der Waals surface area contributed by atoms with E-state index in [9.17, 15) is 0 Å².